The van der Waals surface area contributed by atoms with E-state index in [-0.39, 0.29) is 10.8 Å². The highest BCUT2D eigenvalue weighted by Gasteiger charge is 2.30. The van der Waals surface area contributed by atoms with Crippen LogP contribution in [0.25, 0.3) is 0 Å². The Hall–Kier alpha value is -1.15. The van der Waals surface area contributed by atoms with Crippen molar-refractivity contribution < 1.29 is 18.1 Å². The zero-order valence-electron chi connectivity index (χ0n) is 12.5. The van der Waals surface area contributed by atoms with Gasteiger partial charge in [0.2, 0.25) is 15.9 Å². The minimum absolute atomic E-state index is 0.0386. The molecule has 2 N–H and O–H groups in total. The number of carbonyl (C=O) groups excluding carboxylic acids is 1. The van der Waals surface area contributed by atoms with Crippen LogP contribution in [0.5, 0.6) is 0 Å². The van der Waals surface area contributed by atoms with Crippen LogP contribution in [-0.4, -0.2) is 57.9 Å². The van der Waals surface area contributed by atoms with Gasteiger partial charge in [-0.3, -0.25) is 4.79 Å². The topological polar surface area (TPSA) is 70.9 Å². The number of hydrogen-bond acceptors (Lipinski definition) is 3. The number of hydrogen-bond donors (Lipinski definition) is 2. The first kappa shape index (κ1) is 17.2. The summed E-state index contributed by atoms with van der Waals surface area (Å²) in [5.74, 6) is -0.0386. The quantitative estimate of drug-likeness (QED) is 0.745. The highest BCUT2D eigenvalue weighted by atomic mass is 35.5. The molecule has 1 aliphatic heterocycles. The molecule has 1 aliphatic rings. The van der Waals surface area contributed by atoms with Crippen LogP contribution in [0.2, 0.25) is 5.02 Å². The number of nitrogens with one attached hydrogen (secondary N) is 2. The molecule has 1 aromatic rings. The molecular formula is C14H21ClN3O3S+. The van der Waals surface area contributed by atoms with E-state index in [0.717, 1.165) is 19.6 Å². The Morgan fingerprint density at radius 2 is 1.86 bits per heavy atom. The van der Waals surface area contributed by atoms with Crippen molar-refractivity contribution >= 4 is 27.5 Å². The smallest absolute Gasteiger partial charge is 0.243 e. The number of benzene rings is 1. The molecule has 6 nitrogen and oxygen atoms in total. The van der Waals surface area contributed by atoms with Crippen LogP contribution in [-0.2, 0) is 14.8 Å². The first-order valence-corrected chi connectivity index (χ1v) is 9.05. The highest BCUT2D eigenvalue weighted by Crippen LogP contribution is 2.18. The molecule has 0 spiro atoms. The fourth-order valence-corrected chi connectivity index (χ4v) is 4.03. The van der Waals surface area contributed by atoms with Gasteiger partial charge in [0.25, 0.3) is 0 Å². The maximum Gasteiger partial charge on any atom is 0.243 e. The number of sulfonamides is 1. The zero-order valence-corrected chi connectivity index (χ0v) is 14.1. The second-order valence-electron chi connectivity index (χ2n) is 5.34. The molecule has 0 radical (unpaired) electrons. The first-order chi connectivity index (χ1) is 10.4. The molecule has 0 saturated carbocycles. The van der Waals surface area contributed by atoms with E-state index in [1.165, 1.54) is 28.3 Å². The molecule has 0 atom stereocenters. The van der Waals surface area contributed by atoms with Gasteiger partial charge in [-0.1, -0.05) is 11.6 Å². The average Bonchev–Trinajstić information content (AvgIpc) is 2.48. The number of rotatable bonds is 5. The number of carbonyl (C=O) groups is 1. The molecule has 0 aromatic heterocycles. The Kier molecular flexibility index (Phi) is 5.80. The molecule has 8 heteroatoms. The lowest BCUT2D eigenvalue weighted by atomic mass is 10.3. The predicted molar refractivity (Wildman–Crippen MR) is 84.5 cm³/mol. The zero-order chi connectivity index (χ0) is 16.2. The van der Waals surface area contributed by atoms with Crippen molar-refractivity contribution in [2.45, 2.75) is 11.8 Å². The van der Waals surface area contributed by atoms with Crippen molar-refractivity contribution in [3.8, 4) is 0 Å². The molecular weight excluding hydrogens is 326 g/mol. The lowest BCUT2D eigenvalue weighted by molar-refractivity contribution is -0.902. The summed E-state index contributed by atoms with van der Waals surface area (Å²) in [6, 6.07) is 6.24. The van der Waals surface area contributed by atoms with Gasteiger partial charge in [0.1, 0.15) is 0 Å². The molecule has 0 aliphatic carbocycles. The Labute approximate surface area is 136 Å². The molecule has 122 valence electrons. The van der Waals surface area contributed by atoms with Crippen molar-refractivity contribution in [1.29, 1.82) is 0 Å². The van der Waals surface area contributed by atoms with Gasteiger partial charge in [-0.15, -0.1) is 0 Å². The predicted octanol–water partition coefficient (Wildman–Crippen LogP) is -0.635. The van der Waals surface area contributed by atoms with E-state index in [4.69, 9.17) is 11.6 Å². The molecule has 0 bridgehead atoms. The van der Waals surface area contributed by atoms with Gasteiger partial charge in [-0.2, -0.15) is 4.31 Å². The fraction of sp³-hybridized carbons (Fsp3) is 0.500. The summed E-state index contributed by atoms with van der Waals surface area (Å²) in [5, 5.41) is 3.28. The summed E-state index contributed by atoms with van der Waals surface area (Å²) in [5.41, 5.74) is 0. The van der Waals surface area contributed by atoms with Crippen LogP contribution in [0, 0.1) is 0 Å². The van der Waals surface area contributed by atoms with E-state index in [0.29, 0.717) is 24.7 Å². The van der Waals surface area contributed by atoms with Crippen LogP contribution < -0.4 is 10.2 Å². The minimum Gasteiger partial charge on any atom is -0.351 e. The Balaban J connectivity index is 1.90. The van der Waals surface area contributed by atoms with Crippen molar-refractivity contribution in [3.05, 3.63) is 29.3 Å². The van der Waals surface area contributed by atoms with E-state index in [1.54, 1.807) is 12.1 Å². The normalized spacial score (nSPS) is 17.4. The van der Waals surface area contributed by atoms with Crippen LogP contribution in [0.1, 0.15) is 6.92 Å². The molecule has 2 rings (SSSR count). The van der Waals surface area contributed by atoms with Gasteiger partial charge in [0, 0.05) is 11.9 Å². The highest BCUT2D eigenvalue weighted by molar-refractivity contribution is 7.89. The van der Waals surface area contributed by atoms with E-state index in [2.05, 4.69) is 5.32 Å². The molecule has 1 aromatic carbocycles. The van der Waals surface area contributed by atoms with Gasteiger partial charge in [0.15, 0.2) is 0 Å². The third kappa shape index (κ3) is 4.42. The summed E-state index contributed by atoms with van der Waals surface area (Å²) in [7, 11) is -3.44. The fourth-order valence-electron chi connectivity index (χ4n) is 2.46. The monoisotopic (exact) mass is 346 g/mol. The molecule has 0 unspecified atom stereocenters. The van der Waals surface area contributed by atoms with Gasteiger partial charge in [-0.05, 0) is 24.3 Å². The Morgan fingerprint density at radius 3 is 2.41 bits per heavy atom. The Bertz CT molecular complexity index is 611. The van der Waals surface area contributed by atoms with Crippen molar-refractivity contribution in [3.63, 3.8) is 0 Å². The molecule has 1 saturated heterocycles. The number of halogens is 1. The largest absolute Gasteiger partial charge is 0.351 e. The van der Waals surface area contributed by atoms with E-state index in [9.17, 15) is 13.2 Å². The summed E-state index contributed by atoms with van der Waals surface area (Å²) in [6.07, 6.45) is 0. The SMILES string of the molecule is CC(=O)NCC[NH+]1CCN(S(=O)(=O)c2ccc(Cl)cc2)CC1. The molecule has 1 fully saturated rings. The Morgan fingerprint density at radius 1 is 1.27 bits per heavy atom. The number of piperazine rings is 1. The number of nitrogens with zero attached hydrogens (tertiary/aromatic N) is 1. The van der Waals surface area contributed by atoms with Gasteiger partial charge >= 0.3 is 0 Å². The van der Waals surface area contributed by atoms with E-state index >= 15 is 0 Å². The first-order valence-electron chi connectivity index (χ1n) is 7.23. The van der Waals surface area contributed by atoms with Gasteiger partial charge in [0.05, 0.1) is 44.2 Å². The van der Waals surface area contributed by atoms with Crippen LogP contribution in [0.3, 0.4) is 0 Å². The third-order valence-corrected chi connectivity index (χ3v) is 5.90. The number of amides is 1. The van der Waals surface area contributed by atoms with Crippen molar-refractivity contribution in [1.82, 2.24) is 9.62 Å². The second-order valence-corrected chi connectivity index (χ2v) is 7.72. The lowest BCUT2D eigenvalue weighted by Crippen LogP contribution is -3.15. The number of quaternary nitrogens is 1. The molecule has 1 heterocycles. The maximum atomic E-state index is 12.5. The summed E-state index contributed by atoms with van der Waals surface area (Å²) >= 11 is 5.80. The van der Waals surface area contributed by atoms with Crippen molar-refractivity contribution in [2.75, 3.05) is 39.3 Å². The molecule has 22 heavy (non-hydrogen) atoms. The van der Waals surface area contributed by atoms with Crippen LogP contribution >= 0.6 is 11.6 Å². The van der Waals surface area contributed by atoms with Crippen LogP contribution in [0.4, 0.5) is 0 Å². The third-order valence-electron chi connectivity index (χ3n) is 3.73. The van der Waals surface area contributed by atoms with E-state index < -0.39 is 10.0 Å². The average molecular weight is 347 g/mol. The van der Waals surface area contributed by atoms with Gasteiger partial charge < -0.3 is 10.2 Å². The lowest BCUT2D eigenvalue weighted by Gasteiger charge is -2.31. The van der Waals surface area contributed by atoms with E-state index in [1.807, 2.05) is 0 Å². The standard InChI is InChI=1S/C14H20ClN3O3S/c1-12(19)16-6-7-17-8-10-18(11-9-17)22(20,21)14-4-2-13(15)3-5-14/h2-5H,6-11H2,1H3,(H,16,19)/p+1. The molecule has 1 amide bonds. The minimum atomic E-state index is -3.44. The van der Waals surface area contributed by atoms with Gasteiger partial charge in [-0.25, -0.2) is 8.42 Å². The summed E-state index contributed by atoms with van der Waals surface area (Å²) < 4.78 is 26.6. The summed E-state index contributed by atoms with van der Waals surface area (Å²) in [4.78, 5) is 12.4. The maximum absolute atomic E-state index is 12.5. The second kappa shape index (κ2) is 7.41. The summed E-state index contributed by atoms with van der Waals surface area (Å²) in [6.45, 7) is 5.38. The van der Waals surface area contributed by atoms with Crippen LogP contribution in [0.15, 0.2) is 29.2 Å². The van der Waals surface area contributed by atoms with Crippen molar-refractivity contribution in [2.24, 2.45) is 0 Å².